The lowest BCUT2D eigenvalue weighted by molar-refractivity contribution is -0.248. The van der Waals surface area contributed by atoms with Crippen LogP contribution in [-0.2, 0) is 33.3 Å². The van der Waals surface area contributed by atoms with Gasteiger partial charge in [-0.15, -0.1) is 0 Å². The van der Waals surface area contributed by atoms with Gasteiger partial charge in [0, 0.05) is 30.6 Å². The molecule has 14 nitrogen and oxygen atoms in total. The minimum absolute atomic E-state index is 0.836. The highest BCUT2D eigenvalue weighted by Gasteiger charge is 2.53. The van der Waals surface area contributed by atoms with Gasteiger partial charge in [0.2, 0.25) is 6.23 Å². The second-order valence-corrected chi connectivity index (χ2v) is 4.92. The van der Waals surface area contributed by atoms with Gasteiger partial charge in [-0.3, -0.25) is 14.4 Å². The summed E-state index contributed by atoms with van der Waals surface area (Å²) in [5.74, 6) is -2.55. The van der Waals surface area contributed by atoms with Crippen molar-refractivity contribution in [2.45, 2.75) is 51.4 Å². The molecule has 1 aliphatic heterocycles. The summed E-state index contributed by atoms with van der Waals surface area (Å²) in [6.45, 7) is 3.08. The lowest BCUT2D eigenvalue weighted by atomic mass is 9.96. The Morgan fingerprint density at radius 1 is 0.923 bits per heavy atom. The first kappa shape index (κ1) is 21.0. The Bertz CT molecular complexity index is 658. The average Bonchev–Trinajstić information content (AvgIpc) is 2.51. The zero-order valence-corrected chi connectivity index (χ0v) is 13.9. The summed E-state index contributed by atoms with van der Waals surface area (Å²) in [6.07, 6.45) is -8.79. The van der Waals surface area contributed by atoms with Gasteiger partial charge in [0.25, 0.3) is 0 Å². The Balaban J connectivity index is 3.42. The molecule has 0 aromatic carbocycles. The first-order valence-corrected chi connectivity index (χ1v) is 7.03. The number of ether oxygens (including phenoxy) is 4. The van der Waals surface area contributed by atoms with Crippen molar-refractivity contribution < 1.29 is 38.4 Å². The molecule has 141 valence electrons. The second-order valence-electron chi connectivity index (χ2n) is 4.92. The molecule has 0 bridgehead atoms. The highest BCUT2D eigenvalue weighted by molar-refractivity contribution is 5.68. The zero-order chi connectivity index (χ0) is 19.9. The number of carbonyl (C=O) groups is 3. The molecule has 0 saturated carbocycles. The predicted molar refractivity (Wildman–Crippen MR) is 78.8 cm³/mol. The van der Waals surface area contributed by atoms with E-state index in [-0.39, 0.29) is 0 Å². The van der Waals surface area contributed by atoms with E-state index in [1.54, 1.807) is 0 Å². The van der Waals surface area contributed by atoms with Crippen LogP contribution in [0, 0.1) is 6.23 Å². The molecule has 1 N–H and O–H groups in total. The summed E-state index contributed by atoms with van der Waals surface area (Å²) < 4.78 is 20.3. The van der Waals surface area contributed by atoms with E-state index >= 15 is 0 Å². The Morgan fingerprint density at radius 3 is 1.88 bits per heavy atom. The molecule has 1 fully saturated rings. The molecule has 1 aliphatic rings. The van der Waals surface area contributed by atoms with Crippen molar-refractivity contribution in [3.8, 4) is 0 Å². The van der Waals surface area contributed by atoms with Gasteiger partial charge >= 0.3 is 17.9 Å². The lowest BCUT2D eigenvalue weighted by Gasteiger charge is -2.43. The molecule has 0 spiro atoms. The molecular weight excluding hydrogens is 356 g/mol. The summed E-state index contributed by atoms with van der Waals surface area (Å²) in [5, 5.41) is 16.1. The number of esters is 3. The molecular formula is C12H15N6O8. The van der Waals surface area contributed by atoms with E-state index in [1.807, 2.05) is 0 Å². The fourth-order valence-electron chi connectivity index (χ4n) is 2.24. The number of hydrogen-bond acceptors (Lipinski definition) is 10. The van der Waals surface area contributed by atoms with Crippen LogP contribution in [0.25, 0.3) is 20.9 Å². The van der Waals surface area contributed by atoms with Crippen molar-refractivity contribution in [2.75, 3.05) is 0 Å². The van der Waals surface area contributed by atoms with Crippen LogP contribution in [0.3, 0.4) is 0 Å². The van der Waals surface area contributed by atoms with Crippen LogP contribution in [0.2, 0.25) is 0 Å². The number of aliphatic hydroxyl groups excluding tert-OH is 1. The van der Waals surface area contributed by atoms with Crippen molar-refractivity contribution in [3.63, 3.8) is 0 Å². The SMILES string of the molecule is CC(=O)O[C@@H]1[C@@H](OC(C)=O)[C@H](N=[N+]=[N-])O[C@H]([C](O)N=[N+]=[N-])[C@H]1OC(C)=O. The van der Waals surface area contributed by atoms with Crippen LogP contribution >= 0.6 is 0 Å². The molecule has 1 saturated heterocycles. The minimum Gasteiger partial charge on any atom is -0.456 e. The normalized spacial score (nSPS) is 27.5. The van der Waals surface area contributed by atoms with E-state index in [4.69, 9.17) is 30.0 Å². The Hall–Kier alpha value is -3.05. The summed E-state index contributed by atoms with van der Waals surface area (Å²) in [7, 11) is 0. The molecule has 14 heteroatoms. The fraction of sp³-hybridized carbons (Fsp3) is 0.667. The summed E-state index contributed by atoms with van der Waals surface area (Å²) in [4.78, 5) is 39.1. The van der Waals surface area contributed by atoms with Crippen molar-refractivity contribution in [1.82, 2.24) is 0 Å². The van der Waals surface area contributed by atoms with Crippen molar-refractivity contribution >= 4 is 17.9 Å². The second kappa shape index (κ2) is 9.44. The van der Waals surface area contributed by atoms with E-state index in [9.17, 15) is 19.5 Å². The zero-order valence-electron chi connectivity index (χ0n) is 13.9. The molecule has 0 amide bonds. The standard InChI is InChI=1S/C12H15N6O8/c1-4(19)23-7-8(24-5(2)20)10(25-6(3)21)12(16-18-14)26-9(7)11(22)15-17-13/h7-10,12,22H,1-3H3/t7-,8-,9-,10+,12+/m0/s1. The highest BCUT2D eigenvalue weighted by atomic mass is 16.7. The third kappa shape index (κ3) is 5.50. The highest BCUT2D eigenvalue weighted by Crippen LogP contribution is 2.33. The molecule has 26 heavy (non-hydrogen) atoms. The van der Waals surface area contributed by atoms with E-state index in [0.717, 1.165) is 20.8 Å². The van der Waals surface area contributed by atoms with Gasteiger partial charge in [-0.05, 0) is 11.1 Å². The number of carbonyl (C=O) groups excluding carboxylic acids is 3. The van der Waals surface area contributed by atoms with Crippen LogP contribution < -0.4 is 0 Å². The quantitative estimate of drug-likeness (QED) is 0.233. The van der Waals surface area contributed by atoms with Crippen LogP contribution in [0.15, 0.2) is 10.2 Å². The smallest absolute Gasteiger partial charge is 0.303 e. The Morgan fingerprint density at radius 2 is 1.42 bits per heavy atom. The Kier molecular flexibility index (Phi) is 7.62. The van der Waals surface area contributed by atoms with Crippen LogP contribution in [0.4, 0.5) is 0 Å². The Labute approximate surface area is 146 Å². The van der Waals surface area contributed by atoms with Crippen molar-refractivity contribution in [1.29, 1.82) is 0 Å². The van der Waals surface area contributed by atoms with Gasteiger partial charge in [0.1, 0.15) is 6.10 Å². The van der Waals surface area contributed by atoms with Gasteiger partial charge in [-0.1, -0.05) is 10.2 Å². The van der Waals surface area contributed by atoms with Gasteiger partial charge in [-0.25, -0.2) is 0 Å². The maximum absolute atomic E-state index is 11.4. The minimum atomic E-state index is -1.65. The molecule has 1 rings (SSSR count). The third-order valence-electron chi connectivity index (χ3n) is 2.99. The molecule has 5 atom stereocenters. The molecule has 0 aromatic rings. The molecule has 1 radical (unpaired) electrons. The van der Waals surface area contributed by atoms with Gasteiger partial charge in [0.05, 0.1) is 0 Å². The number of hydrogen-bond donors (Lipinski definition) is 1. The number of rotatable bonds is 6. The van der Waals surface area contributed by atoms with Crippen LogP contribution in [-0.4, -0.2) is 53.7 Å². The first-order chi connectivity index (χ1) is 12.2. The van der Waals surface area contributed by atoms with Gasteiger partial charge < -0.3 is 24.1 Å². The fourth-order valence-corrected chi connectivity index (χ4v) is 2.24. The number of aliphatic hydroxyl groups is 1. The average molecular weight is 371 g/mol. The predicted octanol–water partition coefficient (Wildman–Crippen LogP) is 0.989. The van der Waals surface area contributed by atoms with Gasteiger partial charge in [-0.2, -0.15) is 0 Å². The third-order valence-corrected chi connectivity index (χ3v) is 2.99. The number of azide groups is 2. The maximum atomic E-state index is 11.4. The topological polar surface area (TPSA) is 206 Å². The molecule has 0 aromatic heterocycles. The van der Waals surface area contributed by atoms with Gasteiger partial charge in [0.15, 0.2) is 24.5 Å². The summed E-state index contributed by atoms with van der Waals surface area (Å²) >= 11 is 0. The summed E-state index contributed by atoms with van der Waals surface area (Å²) in [6, 6.07) is 0. The number of nitrogens with zero attached hydrogens (tertiary/aromatic N) is 6. The maximum Gasteiger partial charge on any atom is 0.303 e. The van der Waals surface area contributed by atoms with Crippen LogP contribution in [0.1, 0.15) is 20.8 Å². The van der Waals surface area contributed by atoms with Crippen molar-refractivity contribution in [2.24, 2.45) is 10.2 Å². The first-order valence-electron chi connectivity index (χ1n) is 7.03. The lowest BCUT2D eigenvalue weighted by Crippen LogP contribution is -2.61. The summed E-state index contributed by atoms with van der Waals surface area (Å²) in [5.41, 5.74) is 17.1. The molecule has 0 aliphatic carbocycles. The van der Waals surface area contributed by atoms with E-state index in [1.165, 1.54) is 0 Å². The van der Waals surface area contributed by atoms with E-state index < -0.39 is 54.8 Å². The monoisotopic (exact) mass is 371 g/mol. The van der Waals surface area contributed by atoms with Crippen LogP contribution in [0.5, 0.6) is 0 Å². The molecule has 1 heterocycles. The van der Waals surface area contributed by atoms with Crippen molar-refractivity contribution in [3.05, 3.63) is 27.1 Å². The van der Waals surface area contributed by atoms with E-state index in [2.05, 4.69) is 20.1 Å². The largest absolute Gasteiger partial charge is 0.456 e. The van der Waals surface area contributed by atoms with E-state index in [0.29, 0.717) is 0 Å². The molecule has 0 unspecified atom stereocenters.